The Morgan fingerprint density at radius 1 is 1.42 bits per heavy atom. The average Bonchev–Trinajstić information content (AvgIpc) is 3.15. The lowest BCUT2D eigenvalue weighted by Crippen LogP contribution is -2.22. The van der Waals surface area contributed by atoms with Gasteiger partial charge in [-0.2, -0.15) is 5.10 Å². The molecule has 0 radical (unpaired) electrons. The normalized spacial score (nSPS) is 12.2. The maximum absolute atomic E-state index is 12.2. The van der Waals surface area contributed by atoms with Gasteiger partial charge in [-0.3, -0.25) is 4.79 Å². The van der Waals surface area contributed by atoms with Gasteiger partial charge in [0.05, 0.1) is 25.5 Å². The molecule has 128 valence electrons. The summed E-state index contributed by atoms with van der Waals surface area (Å²) in [6, 6.07) is 3.00. The highest BCUT2D eigenvalue weighted by Crippen LogP contribution is 2.30. The third kappa shape index (κ3) is 3.98. The van der Waals surface area contributed by atoms with Gasteiger partial charge in [-0.05, 0) is 40.1 Å². The molecule has 0 aliphatic carbocycles. The molecule has 0 aliphatic heterocycles. The van der Waals surface area contributed by atoms with Crippen LogP contribution in [-0.2, 0) is 11.5 Å². The number of rotatable bonds is 6. The van der Waals surface area contributed by atoms with E-state index in [9.17, 15) is 4.79 Å². The Morgan fingerprint density at radius 3 is 2.96 bits per heavy atom. The molecule has 3 aromatic rings. The fraction of sp³-hybridized carbons (Fsp3) is 0.375. The minimum Gasteiger partial charge on any atom is -0.360 e. The summed E-state index contributed by atoms with van der Waals surface area (Å²) in [4.78, 5) is 15.2. The summed E-state index contributed by atoms with van der Waals surface area (Å²) in [6.07, 6.45) is 3.69. The van der Waals surface area contributed by atoms with Crippen LogP contribution >= 0.6 is 33.9 Å². The Kier molecular flexibility index (Phi) is 5.28. The van der Waals surface area contributed by atoms with Gasteiger partial charge in [0.25, 0.3) is 5.56 Å². The molecule has 3 aromatic heterocycles. The predicted octanol–water partition coefficient (Wildman–Crippen LogP) is 4.37. The SMILES string of the molecule is C[Si](C)(C)CCOCn1cc(-c2[nH]c(=O)c3ccsc3c2I)cn1. The number of aromatic nitrogens is 3. The summed E-state index contributed by atoms with van der Waals surface area (Å²) in [5, 5.41) is 7.04. The van der Waals surface area contributed by atoms with Gasteiger partial charge in [0.1, 0.15) is 6.73 Å². The van der Waals surface area contributed by atoms with Crippen LogP contribution in [0.5, 0.6) is 0 Å². The topological polar surface area (TPSA) is 59.9 Å². The van der Waals surface area contributed by atoms with Crippen LogP contribution in [0, 0.1) is 3.57 Å². The van der Waals surface area contributed by atoms with Crippen molar-refractivity contribution in [3.8, 4) is 11.3 Å². The van der Waals surface area contributed by atoms with Crippen LogP contribution in [0.2, 0.25) is 25.7 Å². The average molecular weight is 473 g/mol. The molecule has 0 aromatic carbocycles. The first-order valence-electron chi connectivity index (χ1n) is 7.75. The zero-order chi connectivity index (χ0) is 17.3. The Morgan fingerprint density at radius 2 is 2.21 bits per heavy atom. The number of hydrogen-bond donors (Lipinski definition) is 1. The van der Waals surface area contributed by atoms with E-state index in [2.05, 4.69) is 52.3 Å². The van der Waals surface area contributed by atoms with Gasteiger partial charge < -0.3 is 9.72 Å². The van der Waals surface area contributed by atoms with E-state index in [0.29, 0.717) is 6.73 Å². The lowest BCUT2D eigenvalue weighted by Gasteiger charge is -2.15. The van der Waals surface area contributed by atoms with Crippen LogP contribution in [0.15, 0.2) is 28.6 Å². The molecule has 0 amide bonds. The second kappa shape index (κ2) is 7.10. The van der Waals surface area contributed by atoms with E-state index in [1.54, 1.807) is 22.2 Å². The highest BCUT2D eigenvalue weighted by Gasteiger charge is 2.14. The summed E-state index contributed by atoms with van der Waals surface area (Å²) >= 11 is 3.87. The van der Waals surface area contributed by atoms with Gasteiger partial charge in [-0.25, -0.2) is 4.68 Å². The number of aromatic amines is 1. The van der Waals surface area contributed by atoms with Gasteiger partial charge in [-0.1, -0.05) is 19.6 Å². The monoisotopic (exact) mass is 473 g/mol. The molecular weight excluding hydrogens is 453 g/mol. The number of halogens is 1. The van der Waals surface area contributed by atoms with Crippen molar-refractivity contribution in [1.29, 1.82) is 0 Å². The van der Waals surface area contributed by atoms with Gasteiger partial charge in [0.15, 0.2) is 0 Å². The summed E-state index contributed by atoms with van der Waals surface area (Å²) in [6.45, 7) is 8.21. The van der Waals surface area contributed by atoms with E-state index in [4.69, 9.17) is 4.74 Å². The molecule has 0 atom stereocenters. The Hall–Kier alpha value is -0.973. The molecule has 0 spiro atoms. The molecule has 0 saturated heterocycles. The van der Waals surface area contributed by atoms with E-state index in [-0.39, 0.29) is 5.56 Å². The largest absolute Gasteiger partial charge is 0.360 e. The molecule has 3 heterocycles. The van der Waals surface area contributed by atoms with Crippen LogP contribution in [0.3, 0.4) is 0 Å². The lowest BCUT2D eigenvalue weighted by molar-refractivity contribution is 0.0786. The van der Waals surface area contributed by atoms with Gasteiger partial charge in [0.2, 0.25) is 0 Å². The fourth-order valence-electron chi connectivity index (χ4n) is 2.31. The molecular formula is C16H20IN3O2SSi. The van der Waals surface area contributed by atoms with Gasteiger partial charge in [0, 0.05) is 26.4 Å². The first-order chi connectivity index (χ1) is 11.3. The standard InChI is InChI=1S/C16H20IN3O2SSi/c1-24(2,3)7-5-22-10-20-9-11(8-18-20)14-13(17)15-12(4-6-23-15)16(21)19-14/h4,6,8-9H,5,7,10H2,1-3H3,(H,19,21). The predicted molar refractivity (Wildman–Crippen MR) is 110 cm³/mol. The molecule has 1 N–H and O–H groups in total. The Balaban J connectivity index is 1.76. The highest BCUT2D eigenvalue weighted by atomic mass is 127. The molecule has 8 heteroatoms. The fourth-order valence-corrected chi connectivity index (χ4v) is 5.01. The lowest BCUT2D eigenvalue weighted by atomic mass is 10.2. The second-order valence-electron chi connectivity index (χ2n) is 6.92. The van der Waals surface area contributed by atoms with Crippen molar-refractivity contribution in [2.75, 3.05) is 6.61 Å². The first kappa shape index (κ1) is 17.8. The molecule has 0 bridgehead atoms. The molecule has 3 rings (SSSR count). The van der Waals surface area contributed by atoms with E-state index in [1.807, 2.05) is 17.6 Å². The first-order valence-corrected chi connectivity index (χ1v) is 13.4. The molecule has 0 unspecified atom stereocenters. The summed E-state index contributed by atoms with van der Waals surface area (Å²) in [7, 11) is -1.07. The minimum atomic E-state index is -1.07. The van der Waals surface area contributed by atoms with Crippen LogP contribution in [-0.4, -0.2) is 29.4 Å². The van der Waals surface area contributed by atoms with E-state index in [1.165, 1.54) is 0 Å². The Bertz CT molecular complexity index is 910. The second-order valence-corrected chi connectivity index (χ2v) is 14.5. The van der Waals surface area contributed by atoms with Gasteiger partial charge in [-0.15, -0.1) is 11.3 Å². The maximum atomic E-state index is 12.2. The van der Waals surface area contributed by atoms with E-state index >= 15 is 0 Å². The quantitative estimate of drug-likeness (QED) is 0.329. The van der Waals surface area contributed by atoms with Crippen molar-refractivity contribution in [1.82, 2.24) is 14.8 Å². The number of hydrogen-bond acceptors (Lipinski definition) is 4. The minimum absolute atomic E-state index is 0.0548. The van der Waals surface area contributed by atoms with E-state index < -0.39 is 8.07 Å². The third-order valence-corrected chi connectivity index (χ3v) is 7.79. The number of nitrogens with one attached hydrogen (secondary N) is 1. The van der Waals surface area contributed by atoms with Crippen LogP contribution in [0.25, 0.3) is 21.3 Å². The molecule has 24 heavy (non-hydrogen) atoms. The summed E-state index contributed by atoms with van der Waals surface area (Å²) in [5.41, 5.74) is 1.67. The van der Waals surface area contributed by atoms with Crippen LogP contribution < -0.4 is 5.56 Å². The molecule has 0 fully saturated rings. The summed E-state index contributed by atoms with van der Waals surface area (Å²) < 4.78 is 9.56. The zero-order valence-electron chi connectivity index (χ0n) is 13.9. The smallest absolute Gasteiger partial charge is 0.257 e. The van der Waals surface area contributed by atoms with Crippen molar-refractivity contribution < 1.29 is 4.74 Å². The molecule has 0 aliphatic rings. The number of H-pyrrole nitrogens is 1. The van der Waals surface area contributed by atoms with Crippen LogP contribution in [0.4, 0.5) is 0 Å². The van der Waals surface area contributed by atoms with Crippen molar-refractivity contribution in [3.05, 3.63) is 37.8 Å². The Labute approximate surface area is 159 Å². The van der Waals surface area contributed by atoms with Crippen molar-refractivity contribution in [2.24, 2.45) is 0 Å². The summed E-state index contributed by atoms with van der Waals surface area (Å²) in [5.74, 6) is 0. The molecule has 0 saturated carbocycles. The van der Waals surface area contributed by atoms with E-state index in [0.717, 1.165) is 37.6 Å². The number of fused-ring (bicyclic) bond motifs is 1. The molecule has 5 nitrogen and oxygen atoms in total. The number of ether oxygens (including phenoxy) is 1. The van der Waals surface area contributed by atoms with Gasteiger partial charge >= 0.3 is 0 Å². The van der Waals surface area contributed by atoms with Crippen LogP contribution in [0.1, 0.15) is 0 Å². The number of thiophene rings is 1. The third-order valence-electron chi connectivity index (χ3n) is 3.71. The van der Waals surface area contributed by atoms with Crippen molar-refractivity contribution in [2.45, 2.75) is 32.4 Å². The van der Waals surface area contributed by atoms with Crippen molar-refractivity contribution in [3.63, 3.8) is 0 Å². The highest BCUT2D eigenvalue weighted by molar-refractivity contribution is 14.1. The number of pyridine rings is 1. The zero-order valence-corrected chi connectivity index (χ0v) is 17.9. The maximum Gasteiger partial charge on any atom is 0.257 e. The number of nitrogens with zero attached hydrogens (tertiary/aromatic N) is 2. The van der Waals surface area contributed by atoms with Crippen molar-refractivity contribution >= 4 is 52.1 Å².